The SMILES string of the molecule is CCc1cc(Br)ccc1NC(=O)c1cccnc1NN. The Kier molecular flexibility index (Phi) is 4.70. The van der Waals surface area contributed by atoms with Gasteiger partial charge >= 0.3 is 0 Å². The maximum atomic E-state index is 12.3. The summed E-state index contributed by atoms with van der Waals surface area (Å²) in [5, 5.41) is 2.88. The van der Waals surface area contributed by atoms with Crippen LogP contribution >= 0.6 is 15.9 Å². The van der Waals surface area contributed by atoms with Crippen LogP contribution in [0.1, 0.15) is 22.8 Å². The summed E-state index contributed by atoms with van der Waals surface area (Å²) in [7, 11) is 0. The lowest BCUT2D eigenvalue weighted by Gasteiger charge is -2.12. The fourth-order valence-corrected chi connectivity index (χ4v) is 2.28. The number of halogens is 1. The second kappa shape index (κ2) is 6.49. The van der Waals surface area contributed by atoms with E-state index in [1.807, 2.05) is 25.1 Å². The molecule has 0 aliphatic carbocycles. The number of nitrogen functional groups attached to an aromatic ring is 1. The predicted molar refractivity (Wildman–Crippen MR) is 83.5 cm³/mol. The van der Waals surface area contributed by atoms with Gasteiger partial charge in [0.15, 0.2) is 5.82 Å². The number of carbonyl (C=O) groups is 1. The van der Waals surface area contributed by atoms with Crippen LogP contribution in [0.5, 0.6) is 0 Å². The third-order valence-electron chi connectivity index (χ3n) is 2.89. The van der Waals surface area contributed by atoms with Crippen molar-refractivity contribution in [3.8, 4) is 0 Å². The Bertz CT molecular complexity index is 630. The molecule has 20 heavy (non-hydrogen) atoms. The van der Waals surface area contributed by atoms with E-state index >= 15 is 0 Å². The fraction of sp³-hybridized carbons (Fsp3) is 0.143. The molecular weight excluding hydrogens is 320 g/mol. The monoisotopic (exact) mass is 334 g/mol. The summed E-state index contributed by atoms with van der Waals surface area (Å²) in [4.78, 5) is 16.3. The van der Waals surface area contributed by atoms with Crippen molar-refractivity contribution in [1.82, 2.24) is 4.98 Å². The summed E-state index contributed by atoms with van der Waals surface area (Å²) in [6, 6.07) is 9.11. The molecule has 6 heteroatoms. The van der Waals surface area contributed by atoms with Crippen molar-refractivity contribution in [2.75, 3.05) is 10.7 Å². The molecule has 0 fully saturated rings. The number of nitrogens with zero attached hydrogens (tertiary/aromatic N) is 1. The van der Waals surface area contributed by atoms with E-state index in [0.29, 0.717) is 11.4 Å². The van der Waals surface area contributed by atoms with Crippen LogP contribution in [0.25, 0.3) is 0 Å². The van der Waals surface area contributed by atoms with E-state index in [4.69, 9.17) is 5.84 Å². The van der Waals surface area contributed by atoms with Gasteiger partial charge in [-0.05, 0) is 42.3 Å². The summed E-state index contributed by atoms with van der Waals surface area (Å²) in [5.74, 6) is 5.46. The van der Waals surface area contributed by atoms with Gasteiger partial charge < -0.3 is 10.7 Å². The van der Waals surface area contributed by atoms with Crippen LogP contribution in [0.15, 0.2) is 41.0 Å². The molecule has 0 saturated heterocycles. The highest BCUT2D eigenvalue weighted by molar-refractivity contribution is 9.10. The van der Waals surface area contributed by atoms with Crippen molar-refractivity contribution in [2.45, 2.75) is 13.3 Å². The van der Waals surface area contributed by atoms with E-state index in [0.717, 1.165) is 22.1 Å². The average molecular weight is 335 g/mol. The Morgan fingerprint density at radius 1 is 1.40 bits per heavy atom. The molecule has 1 heterocycles. The number of hydrazine groups is 1. The molecule has 0 atom stereocenters. The zero-order chi connectivity index (χ0) is 14.5. The van der Waals surface area contributed by atoms with E-state index < -0.39 is 0 Å². The van der Waals surface area contributed by atoms with Gasteiger partial charge in [0, 0.05) is 16.4 Å². The zero-order valence-corrected chi connectivity index (χ0v) is 12.6. The van der Waals surface area contributed by atoms with Gasteiger partial charge in [0.1, 0.15) is 0 Å². The van der Waals surface area contributed by atoms with Gasteiger partial charge in [-0.1, -0.05) is 22.9 Å². The number of hydrogen-bond donors (Lipinski definition) is 3. The smallest absolute Gasteiger partial charge is 0.259 e. The molecule has 2 rings (SSSR count). The van der Waals surface area contributed by atoms with Gasteiger partial charge in [-0.15, -0.1) is 0 Å². The molecule has 1 amide bonds. The topological polar surface area (TPSA) is 80.0 Å². The predicted octanol–water partition coefficient (Wildman–Crippen LogP) is 2.94. The minimum Gasteiger partial charge on any atom is -0.322 e. The molecule has 5 nitrogen and oxygen atoms in total. The quantitative estimate of drug-likeness (QED) is 0.593. The Hall–Kier alpha value is -1.92. The highest BCUT2D eigenvalue weighted by Crippen LogP contribution is 2.23. The standard InChI is InChI=1S/C14H15BrN4O/c1-2-9-8-10(15)5-6-12(9)18-14(20)11-4-3-7-17-13(11)19-16/h3-8H,2,16H2,1H3,(H,17,19)(H,18,20). The number of rotatable bonds is 4. The third kappa shape index (κ3) is 3.15. The maximum absolute atomic E-state index is 12.3. The molecule has 0 radical (unpaired) electrons. The lowest BCUT2D eigenvalue weighted by Crippen LogP contribution is -2.18. The lowest BCUT2D eigenvalue weighted by molar-refractivity contribution is 0.102. The number of amides is 1. The molecule has 4 N–H and O–H groups in total. The first-order valence-electron chi connectivity index (χ1n) is 6.17. The van der Waals surface area contributed by atoms with Crippen molar-refractivity contribution in [3.05, 3.63) is 52.1 Å². The number of nitrogens with two attached hydrogens (primary N) is 1. The first-order valence-corrected chi connectivity index (χ1v) is 6.96. The van der Waals surface area contributed by atoms with Crippen molar-refractivity contribution in [2.24, 2.45) is 5.84 Å². The number of aryl methyl sites for hydroxylation is 1. The molecule has 2 aromatic rings. The fourth-order valence-electron chi connectivity index (χ4n) is 1.87. The van der Waals surface area contributed by atoms with Crippen LogP contribution in [0.3, 0.4) is 0 Å². The van der Waals surface area contributed by atoms with Crippen LogP contribution in [-0.4, -0.2) is 10.9 Å². The number of benzene rings is 1. The summed E-state index contributed by atoms with van der Waals surface area (Å²) in [6.07, 6.45) is 2.40. The van der Waals surface area contributed by atoms with Crippen molar-refractivity contribution >= 4 is 33.3 Å². The number of hydrogen-bond acceptors (Lipinski definition) is 4. The van der Waals surface area contributed by atoms with Gasteiger partial charge in [0.2, 0.25) is 0 Å². The summed E-state index contributed by atoms with van der Waals surface area (Å²) in [5.41, 5.74) is 4.66. The molecule has 0 aliphatic heterocycles. The van der Waals surface area contributed by atoms with Crippen LogP contribution in [0.2, 0.25) is 0 Å². The van der Waals surface area contributed by atoms with Crippen LogP contribution in [0.4, 0.5) is 11.5 Å². The third-order valence-corrected chi connectivity index (χ3v) is 3.38. The van der Waals surface area contributed by atoms with E-state index in [9.17, 15) is 4.79 Å². The first kappa shape index (κ1) is 14.5. The van der Waals surface area contributed by atoms with Gasteiger partial charge in [-0.3, -0.25) is 4.79 Å². The molecule has 104 valence electrons. The summed E-state index contributed by atoms with van der Waals surface area (Å²) >= 11 is 3.42. The molecule has 1 aromatic heterocycles. The summed E-state index contributed by atoms with van der Waals surface area (Å²) in [6.45, 7) is 2.04. The van der Waals surface area contributed by atoms with Gasteiger partial charge in [-0.2, -0.15) is 0 Å². The highest BCUT2D eigenvalue weighted by atomic mass is 79.9. The zero-order valence-electron chi connectivity index (χ0n) is 11.0. The van der Waals surface area contributed by atoms with Gasteiger partial charge in [-0.25, -0.2) is 10.8 Å². The molecule has 0 bridgehead atoms. The van der Waals surface area contributed by atoms with Crippen LogP contribution in [-0.2, 0) is 6.42 Å². The van der Waals surface area contributed by atoms with Crippen molar-refractivity contribution in [1.29, 1.82) is 0 Å². The van der Waals surface area contributed by atoms with Gasteiger partial charge in [0.05, 0.1) is 5.56 Å². The second-order valence-corrected chi connectivity index (χ2v) is 5.07. The Labute approximate surface area is 125 Å². The lowest BCUT2D eigenvalue weighted by atomic mass is 10.1. The minimum absolute atomic E-state index is 0.247. The number of nitrogens with one attached hydrogen (secondary N) is 2. The second-order valence-electron chi connectivity index (χ2n) is 4.15. The van der Waals surface area contributed by atoms with Crippen molar-refractivity contribution in [3.63, 3.8) is 0 Å². The highest BCUT2D eigenvalue weighted by Gasteiger charge is 2.13. The maximum Gasteiger partial charge on any atom is 0.259 e. The molecule has 0 saturated carbocycles. The molecule has 0 spiro atoms. The number of aromatic nitrogens is 1. The number of carbonyl (C=O) groups excluding carboxylic acids is 1. The minimum atomic E-state index is -0.247. The molecular formula is C14H15BrN4O. The number of pyridine rings is 1. The van der Waals surface area contributed by atoms with Gasteiger partial charge in [0.25, 0.3) is 5.91 Å². The number of anilines is 2. The van der Waals surface area contributed by atoms with Crippen molar-refractivity contribution < 1.29 is 4.79 Å². The Morgan fingerprint density at radius 3 is 2.90 bits per heavy atom. The average Bonchev–Trinajstić information content (AvgIpc) is 2.48. The Morgan fingerprint density at radius 2 is 2.20 bits per heavy atom. The molecule has 0 aliphatic rings. The normalized spacial score (nSPS) is 10.2. The van der Waals surface area contributed by atoms with E-state index in [1.165, 1.54) is 0 Å². The van der Waals surface area contributed by atoms with E-state index in [-0.39, 0.29) is 5.91 Å². The van der Waals surface area contributed by atoms with Crippen LogP contribution < -0.4 is 16.6 Å². The molecule has 1 aromatic carbocycles. The van der Waals surface area contributed by atoms with E-state index in [2.05, 4.69) is 31.7 Å². The van der Waals surface area contributed by atoms with Crippen LogP contribution in [0, 0.1) is 0 Å². The first-order chi connectivity index (χ1) is 9.65. The Balaban J connectivity index is 2.28. The molecule has 0 unspecified atom stereocenters. The van der Waals surface area contributed by atoms with E-state index in [1.54, 1.807) is 18.3 Å². The summed E-state index contributed by atoms with van der Waals surface area (Å²) < 4.78 is 0.984. The largest absolute Gasteiger partial charge is 0.322 e.